The number of aliphatic hydroxyl groups excluding tert-OH is 6. The fraction of sp³-hybridized carbons (Fsp3) is 0.847. The third-order valence-corrected chi connectivity index (χ3v) is 26.7. The molecule has 4 aliphatic heterocycles. The van der Waals surface area contributed by atoms with E-state index in [9.17, 15) is 79.8 Å². The fourth-order valence-electron chi connectivity index (χ4n) is 16.2. The Labute approximate surface area is 871 Å². The summed E-state index contributed by atoms with van der Waals surface area (Å²) in [6, 6.07) is 0. The van der Waals surface area contributed by atoms with Crippen molar-refractivity contribution in [2.45, 2.75) is 623 Å². The highest BCUT2D eigenvalue weighted by Crippen LogP contribution is 2.39. The minimum absolute atomic E-state index is 0.0691. The molecule has 0 aromatic rings. The van der Waals surface area contributed by atoms with E-state index in [1.165, 1.54) is 57.8 Å². The zero-order valence-corrected chi connectivity index (χ0v) is 92.4. The summed E-state index contributed by atoms with van der Waals surface area (Å²) >= 11 is 0. The van der Waals surface area contributed by atoms with E-state index in [1.54, 1.807) is 69.2 Å². The molecule has 0 saturated carbocycles. The summed E-state index contributed by atoms with van der Waals surface area (Å²) in [7, 11) is 0. The smallest absolute Gasteiger partial charge is 0.309 e. The standard InChI is InChI=1S/C21H38O5.C21H36O4.C20H34O4.C19H34O5.C19H32O4.C18H30O4/c1-5-6-10-15-21(4,26)16-13-18(23)17(22)12-9-7-8-11-14-20(2,3)19(24)25;1-5-6-11-14-17-18(25-17)21(4,24)16-13-10-8-7-9-12-15-20(2,3)19(22)23;1-4-5-10-14-17-18(24-17)16(21)13-11-8-6-7-9-12-15-20(2,3)19(22)23;1-3-4-10-14-19(2,24)15-13-17(21)16(20)11-8-6-5-7-9-12-18(22)23;1-3-4-10-13-16-18(23-16)19(2,22)15-12-9-7-5-6-8-11-14-17(20)21;1-2-3-9-13-16-18(22-16)15(19)12-10-7-5-4-6-8-11-14-17(20)21/h17-18,22-23,26H,5-12,14-15H2,1-4H3,(H,24,25);17-18,24H,5-12,14-15H2,1-4H3,(H,22,23);16-18,21H,4-10,12,14-15H2,1-3H3,(H,22,23);16-17,20-21,24H,3-12,14H2,1-2H3,(H,22,23);16,18,22H,3-11,13-14H2,1-2H3,(H,20,21);15-16,18-19H,2-9,11,13-14H2,1H3,(H,20,21). The SMILES string of the molecule is CCCCCC(C)(O)C#CC(O)C(O)CCCCCCC(C)(C)C(=O)O.CCCCCC(C)(O)C#CC(O)C(O)CCCCCCCC(=O)O.CCCCCC1OC1C(C)(O)C#CCCCCCCC(C)(C)C(=O)O.CCCCCC1OC1C(C)(O)C#CCCCCCCCC(=O)O.CCCCCC1OC1C(O)C#CCCCCCCC(C)(C)C(=O)O.CCCCCC1OC1C(O)C#CCCCCCCCC(=O)O. The van der Waals surface area contributed by atoms with Gasteiger partial charge in [-0.3, -0.25) is 28.8 Å². The average molecular weight is 2040 g/mol. The monoisotopic (exact) mass is 2040 g/mol. The largest absolute Gasteiger partial charge is 0.481 e. The van der Waals surface area contributed by atoms with Crippen LogP contribution in [0.5, 0.6) is 0 Å². The number of rotatable bonds is 74. The molecule has 4 fully saturated rings. The van der Waals surface area contributed by atoms with Gasteiger partial charge < -0.3 is 101 Å². The van der Waals surface area contributed by atoms with Gasteiger partial charge in [0.05, 0.1) is 52.9 Å². The quantitative estimate of drug-likeness (QED) is 0.0153. The molecule has 832 valence electrons. The number of hydrogen-bond donors (Lipinski definition) is 16. The predicted molar refractivity (Wildman–Crippen MR) is 572 cm³/mol. The zero-order chi connectivity index (χ0) is 109. The summed E-state index contributed by atoms with van der Waals surface area (Å²) in [6.07, 6.45) is 52.5. The van der Waals surface area contributed by atoms with Crippen molar-refractivity contribution in [3.8, 4) is 71.0 Å². The van der Waals surface area contributed by atoms with E-state index < -0.39 is 111 Å². The second-order valence-electron chi connectivity index (χ2n) is 43.3. The van der Waals surface area contributed by atoms with Crippen molar-refractivity contribution in [3.05, 3.63) is 0 Å². The number of aliphatic hydroxyl groups is 10. The molecule has 18 unspecified atom stereocenters. The van der Waals surface area contributed by atoms with Gasteiger partial charge in [0.15, 0.2) is 11.2 Å². The lowest BCUT2D eigenvalue weighted by Crippen LogP contribution is -2.30. The van der Waals surface area contributed by atoms with Crippen LogP contribution in [0, 0.1) is 87.3 Å². The average Bonchev–Trinajstić information content (AvgIpc) is 1.64. The van der Waals surface area contributed by atoms with Crippen LogP contribution in [-0.4, -0.2) is 225 Å². The molecule has 0 aromatic heterocycles. The maximum Gasteiger partial charge on any atom is 0.309 e. The molecule has 0 aromatic carbocycles. The summed E-state index contributed by atoms with van der Waals surface area (Å²) in [5.41, 5.74) is -6.27. The van der Waals surface area contributed by atoms with Gasteiger partial charge in [-0.05, 0) is 198 Å². The number of epoxide rings is 4. The lowest BCUT2D eigenvalue weighted by Gasteiger charge is -2.19. The Morgan fingerprint density at radius 2 is 0.500 bits per heavy atom. The van der Waals surface area contributed by atoms with Gasteiger partial charge in [-0.15, -0.1) is 23.7 Å². The van der Waals surface area contributed by atoms with E-state index in [0.717, 1.165) is 276 Å². The van der Waals surface area contributed by atoms with Gasteiger partial charge in [0, 0.05) is 44.9 Å². The third-order valence-electron chi connectivity index (χ3n) is 26.7. The van der Waals surface area contributed by atoms with E-state index in [-0.39, 0.29) is 68.1 Å². The van der Waals surface area contributed by atoms with Gasteiger partial charge in [-0.1, -0.05) is 320 Å². The first-order valence-electron chi connectivity index (χ1n) is 56.0. The molecule has 26 heteroatoms. The van der Waals surface area contributed by atoms with Crippen molar-refractivity contribution in [2.75, 3.05) is 0 Å². The molecular formula is C118H204O26. The zero-order valence-electron chi connectivity index (χ0n) is 92.4. The lowest BCUT2D eigenvalue weighted by molar-refractivity contribution is -0.148. The first kappa shape index (κ1) is 140. The highest BCUT2D eigenvalue weighted by Gasteiger charge is 2.51. The summed E-state index contributed by atoms with van der Waals surface area (Å²) < 4.78 is 22.1. The van der Waals surface area contributed by atoms with Gasteiger partial charge in [0.2, 0.25) is 0 Å². The lowest BCUT2D eigenvalue weighted by atomic mass is 9.87. The molecule has 4 aliphatic rings. The van der Waals surface area contributed by atoms with Crippen LogP contribution in [-0.2, 0) is 47.7 Å². The van der Waals surface area contributed by atoms with Crippen LogP contribution in [0.25, 0.3) is 0 Å². The Morgan fingerprint density at radius 1 is 0.264 bits per heavy atom. The maximum absolute atomic E-state index is 11.0. The van der Waals surface area contributed by atoms with E-state index in [0.29, 0.717) is 51.4 Å². The molecule has 4 rings (SSSR count). The molecule has 0 radical (unpaired) electrons. The van der Waals surface area contributed by atoms with Gasteiger partial charge in [0.1, 0.15) is 60.0 Å². The number of ether oxygens (including phenoxy) is 4. The number of hydrogen-bond acceptors (Lipinski definition) is 20. The van der Waals surface area contributed by atoms with Crippen LogP contribution >= 0.6 is 0 Å². The number of carbonyl (C=O) groups is 6. The highest BCUT2D eigenvalue weighted by atomic mass is 16.6. The van der Waals surface area contributed by atoms with Gasteiger partial charge >= 0.3 is 35.8 Å². The fourth-order valence-corrected chi connectivity index (χ4v) is 16.2. The van der Waals surface area contributed by atoms with Gasteiger partial charge in [-0.25, -0.2) is 0 Å². The highest BCUT2D eigenvalue weighted by molar-refractivity contribution is 5.74. The Bertz CT molecular complexity index is 3770. The van der Waals surface area contributed by atoms with Crippen molar-refractivity contribution in [1.29, 1.82) is 0 Å². The minimum atomic E-state index is -1.15. The van der Waals surface area contributed by atoms with Crippen molar-refractivity contribution in [1.82, 2.24) is 0 Å². The molecule has 0 amide bonds. The Kier molecular flexibility index (Phi) is 79.9. The predicted octanol–water partition coefficient (Wildman–Crippen LogP) is 22.5. The second kappa shape index (κ2) is 82.4. The normalized spacial score (nSPS) is 19.6. The summed E-state index contributed by atoms with van der Waals surface area (Å²) in [6.45, 7) is 30.2. The Balaban J connectivity index is 0. The van der Waals surface area contributed by atoms with E-state index in [2.05, 4.69) is 113 Å². The maximum atomic E-state index is 11.0. The molecule has 0 bridgehead atoms. The van der Waals surface area contributed by atoms with Crippen LogP contribution in [0.4, 0.5) is 0 Å². The minimum Gasteiger partial charge on any atom is -0.481 e. The number of carboxylic acid groups (broad SMARTS) is 6. The third kappa shape index (κ3) is 77.9. The molecule has 144 heavy (non-hydrogen) atoms. The van der Waals surface area contributed by atoms with Crippen LogP contribution in [0.1, 0.15) is 515 Å². The number of carboxylic acids is 6. The molecule has 18 atom stereocenters. The van der Waals surface area contributed by atoms with Crippen LogP contribution < -0.4 is 0 Å². The Morgan fingerprint density at radius 3 is 0.771 bits per heavy atom. The first-order valence-corrected chi connectivity index (χ1v) is 56.0. The van der Waals surface area contributed by atoms with Gasteiger partial charge in [0.25, 0.3) is 0 Å². The van der Waals surface area contributed by atoms with Crippen molar-refractivity contribution >= 4 is 35.8 Å². The Hall–Kier alpha value is -6.38. The first-order chi connectivity index (χ1) is 68.0. The van der Waals surface area contributed by atoms with Crippen molar-refractivity contribution < 1.29 is 129 Å². The van der Waals surface area contributed by atoms with Crippen LogP contribution in [0.3, 0.4) is 0 Å². The molecule has 26 nitrogen and oxygen atoms in total. The van der Waals surface area contributed by atoms with Crippen molar-refractivity contribution in [2.24, 2.45) is 16.2 Å². The molecule has 16 N–H and O–H groups in total. The molecule has 4 heterocycles. The van der Waals surface area contributed by atoms with Crippen LogP contribution in [0.2, 0.25) is 0 Å². The summed E-state index contributed by atoms with van der Waals surface area (Å²) in [4.78, 5) is 64.1. The van der Waals surface area contributed by atoms with E-state index >= 15 is 0 Å². The molecular weight excluding hydrogens is 1830 g/mol. The summed E-state index contributed by atoms with van der Waals surface area (Å²) in [5, 5.41) is 153. The molecule has 4 saturated heterocycles. The van der Waals surface area contributed by atoms with Crippen LogP contribution in [0.15, 0.2) is 0 Å². The van der Waals surface area contributed by atoms with E-state index in [1.807, 2.05) is 0 Å². The number of unbranched alkanes of at least 4 members (excludes halogenated alkanes) is 37. The number of aliphatic carboxylic acids is 6. The molecule has 0 aliphatic carbocycles. The second-order valence-corrected chi connectivity index (χ2v) is 43.3. The van der Waals surface area contributed by atoms with E-state index in [4.69, 9.17) is 49.6 Å². The van der Waals surface area contributed by atoms with Crippen molar-refractivity contribution in [3.63, 3.8) is 0 Å². The van der Waals surface area contributed by atoms with Gasteiger partial charge in [-0.2, -0.15) is 0 Å². The summed E-state index contributed by atoms with van der Waals surface area (Å²) in [5.74, 6) is 30.0. The molecule has 0 spiro atoms. The topological polar surface area (TPSA) is 476 Å².